The molecule has 1 aliphatic heterocycles. The summed E-state index contributed by atoms with van der Waals surface area (Å²) in [7, 11) is 1.43. The van der Waals surface area contributed by atoms with Crippen LogP contribution in [0.2, 0.25) is 0 Å². The van der Waals surface area contributed by atoms with Gasteiger partial charge in [0.2, 0.25) is 0 Å². The van der Waals surface area contributed by atoms with Crippen molar-refractivity contribution < 1.29 is 9.53 Å². The zero-order chi connectivity index (χ0) is 10.6. The van der Waals surface area contributed by atoms with Gasteiger partial charge >= 0.3 is 6.09 Å². The highest BCUT2D eigenvalue weighted by atomic mass is 16.5. The van der Waals surface area contributed by atoms with Crippen LogP contribution in [0, 0.1) is 0 Å². The Hall–Kier alpha value is -0.770. The van der Waals surface area contributed by atoms with Crippen molar-refractivity contribution in [1.82, 2.24) is 10.2 Å². The van der Waals surface area contributed by atoms with E-state index in [0.29, 0.717) is 0 Å². The van der Waals surface area contributed by atoms with Crippen LogP contribution in [0.25, 0.3) is 0 Å². The molecule has 1 amide bonds. The molecule has 0 aromatic rings. The van der Waals surface area contributed by atoms with Gasteiger partial charge in [-0.25, -0.2) is 4.79 Å². The molecule has 0 aromatic heterocycles. The maximum Gasteiger partial charge on any atom is 0.409 e. The van der Waals surface area contributed by atoms with Crippen molar-refractivity contribution in [1.29, 1.82) is 0 Å². The van der Waals surface area contributed by atoms with Crippen molar-refractivity contribution in [2.45, 2.75) is 32.2 Å². The van der Waals surface area contributed by atoms with Gasteiger partial charge in [-0.2, -0.15) is 0 Å². The Kier molecular flexibility index (Phi) is 3.75. The number of amides is 1. The van der Waals surface area contributed by atoms with Crippen LogP contribution < -0.4 is 5.32 Å². The predicted octanol–water partition coefficient (Wildman–Crippen LogP) is 1.22. The molecule has 0 saturated carbocycles. The molecule has 0 bridgehead atoms. The second kappa shape index (κ2) is 4.64. The molecule has 1 aliphatic rings. The minimum absolute atomic E-state index is 0.169. The Labute approximate surface area is 85.6 Å². The van der Waals surface area contributed by atoms with Gasteiger partial charge in [0.1, 0.15) is 0 Å². The molecule has 4 nitrogen and oxygen atoms in total. The van der Waals surface area contributed by atoms with Crippen LogP contribution in [0.3, 0.4) is 0 Å². The van der Waals surface area contributed by atoms with E-state index < -0.39 is 0 Å². The Morgan fingerprint density at radius 2 is 2.29 bits per heavy atom. The second-order valence-electron chi connectivity index (χ2n) is 4.05. The molecule has 1 heterocycles. The summed E-state index contributed by atoms with van der Waals surface area (Å²) in [4.78, 5) is 13.1. The minimum Gasteiger partial charge on any atom is -0.453 e. The van der Waals surface area contributed by atoms with Crippen LogP contribution in [0.4, 0.5) is 4.79 Å². The third kappa shape index (κ3) is 2.61. The van der Waals surface area contributed by atoms with Gasteiger partial charge < -0.3 is 15.0 Å². The molecule has 1 N–H and O–H groups in total. The first kappa shape index (κ1) is 11.3. The van der Waals surface area contributed by atoms with Crippen molar-refractivity contribution in [2.75, 3.05) is 26.7 Å². The number of nitrogens with one attached hydrogen (secondary N) is 1. The van der Waals surface area contributed by atoms with E-state index in [0.717, 1.165) is 32.5 Å². The van der Waals surface area contributed by atoms with E-state index in [-0.39, 0.29) is 11.6 Å². The second-order valence-corrected chi connectivity index (χ2v) is 4.05. The molecular weight excluding hydrogens is 180 g/mol. The summed E-state index contributed by atoms with van der Waals surface area (Å²) in [5, 5.41) is 3.47. The van der Waals surface area contributed by atoms with Crippen LogP contribution in [-0.2, 0) is 4.74 Å². The molecule has 1 rings (SSSR count). The molecule has 4 heteroatoms. The number of rotatable bonds is 1. The Bertz CT molecular complexity index is 208. The smallest absolute Gasteiger partial charge is 0.409 e. The molecule has 0 aliphatic carbocycles. The van der Waals surface area contributed by atoms with Crippen LogP contribution in [-0.4, -0.2) is 43.3 Å². The monoisotopic (exact) mass is 200 g/mol. The molecule has 0 spiro atoms. The van der Waals surface area contributed by atoms with Crippen molar-refractivity contribution in [3.05, 3.63) is 0 Å². The summed E-state index contributed by atoms with van der Waals surface area (Å²) in [6.45, 7) is 6.74. The Morgan fingerprint density at radius 1 is 1.57 bits per heavy atom. The number of nitrogens with zero attached hydrogens (tertiary/aromatic N) is 1. The largest absolute Gasteiger partial charge is 0.453 e. The van der Waals surface area contributed by atoms with Gasteiger partial charge in [0.25, 0.3) is 0 Å². The predicted molar refractivity (Wildman–Crippen MR) is 55.3 cm³/mol. The van der Waals surface area contributed by atoms with E-state index in [1.165, 1.54) is 7.11 Å². The summed E-state index contributed by atoms with van der Waals surface area (Å²) in [6.07, 6.45) is 1.85. The number of carbonyl (C=O) groups is 1. The molecule has 1 saturated heterocycles. The summed E-state index contributed by atoms with van der Waals surface area (Å²) in [5.41, 5.74) is 0.169. The standard InChI is InChI=1S/C10H20N2O2/c1-4-10(2)5-7-12(8-6-11-10)9(13)14-3/h11H,4-8H2,1-3H3. The number of ether oxygens (including phenoxy) is 1. The third-order valence-electron chi connectivity index (χ3n) is 3.08. The average Bonchev–Trinajstić information content (AvgIpc) is 2.40. The van der Waals surface area contributed by atoms with Crippen molar-refractivity contribution in [3.8, 4) is 0 Å². The normalized spacial score (nSPS) is 28.4. The third-order valence-corrected chi connectivity index (χ3v) is 3.08. The van der Waals surface area contributed by atoms with E-state index in [1.807, 2.05) is 0 Å². The lowest BCUT2D eigenvalue weighted by molar-refractivity contribution is 0.125. The van der Waals surface area contributed by atoms with Crippen LogP contribution in [0.5, 0.6) is 0 Å². The van der Waals surface area contributed by atoms with Gasteiger partial charge in [-0.15, -0.1) is 0 Å². The first-order valence-electron chi connectivity index (χ1n) is 5.19. The van der Waals surface area contributed by atoms with Gasteiger partial charge in [-0.05, 0) is 19.8 Å². The molecule has 1 unspecified atom stereocenters. The lowest BCUT2D eigenvalue weighted by Gasteiger charge is -2.27. The highest BCUT2D eigenvalue weighted by Crippen LogP contribution is 2.17. The summed E-state index contributed by atoms with van der Waals surface area (Å²) >= 11 is 0. The SMILES string of the molecule is CCC1(C)CCN(C(=O)OC)CCN1. The van der Waals surface area contributed by atoms with Gasteiger partial charge in [0, 0.05) is 25.2 Å². The van der Waals surface area contributed by atoms with E-state index in [4.69, 9.17) is 4.74 Å². The van der Waals surface area contributed by atoms with E-state index in [2.05, 4.69) is 19.2 Å². The fourth-order valence-corrected chi connectivity index (χ4v) is 1.69. The number of carbonyl (C=O) groups excluding carboxylic acids is 1. The fourth-order valence-electron chi connectivity index (χ4n) is 1.69. The maximum absolute atomic E-state index is 11.3. The van der Waals surface area contributed by atoms with Crippen LogP contribution in [0.1, 0.15) is 26.7 Å². The Balaban J connectivity index is 2.52. The van der Waals surface area contributed by atoms with Gasteiger partial charge in [0.15, 0.2) is 0 Å². The zero-order valence-electron chi connectivity index (χ0n) is 9.30. The fraction of sp³-hybridized carbons (Fsp3) is 0.900. The molecule has 82 valence electrons. The molecule has 1 atom stereocenters. The molecule has 14 heavy (non-hydrogen) atoms. The first-order valence-corrected chi connectivity index (χ1v) is 5.19. The van der Waals surface area contributed by atoms with E-state index in [9.17, 15) is 4.79 Å². The van der Waals surface area contributed by atoms with E-state index >= 15 is 0 Å². The maximum atomic E-state index is 11.3. The molecule has 1 fully saturated rings. The van der Waals surface area contributed by atoms with Crippen LogP contribution in [0.15, 0.2) is 0 Å². The lowest BCUT2D eigenvalue weighted by Crippen LogP contribution is -2.41. The topological polar surface area (TPSA) is 41.6 Å². The minimum atomic E-state index is -0.216. The summed E-state index contributed by atoms with van der Waals surface area (Å²) < 4.78 is 4.71. The summed E-state index contributed by atoms with van der Waals surface area (Å²) in [6, 6.07) is 0. The van der Waals surface area contributed by atoms with Gasteiger partial charge in [-0.3, -0.25) is 0 Å². The summed E-state index contributed by atoms with van der Waals surface area (Å²) in [5.74, 6) is 0. The number of hydrogen-bond acceptors (Lipinski definition) is 3. The highest BCUT2D eigenvalue weighted by molar-refractivity contribution is 5.67. The number of hydrogen-bond donors (Lipinski definition) is 1. The molecule has 0 aromatic carbocycles. The van der Waals surface area contributed by atoms with Crippen LogP contribution >= 0.6 is 0 Å². The van der Waals surface area contributed by atoms with Crippen molar-refractivity contribution >= 4 is 6.09 Å². The number of methoxy groups -OCH3 is 1. The van der Waals surface area contributed by atoms with Crippen molar-refractivity contribution in [3.63, 3.8) is 0 Å². The van der Waals surface area contributed by atoms with E-state index in [1.54, 1.807) is 4.90 Å². The van der Waals surface area contributed by atoms with Gasteiger partial charge in [0.05, 0.1) is 7.11 Å². The molecular formula is C10H20N2O2. The van der Waals surface area contributed by atoms with Crippen molar-refractivity contribution in [2.24, 2.45) is 0 Å². The van der Waals surface area contributed by atoms with Gasteiger partial charge in [-0.1, -0.05) is 6.92 Å². The zero-order valence-corrected chi connectivity index (χ0v) is 9.30. The highest BCUT2D eigenvalue weighted by Gasteiger charge is 2.27. The molecule has 0 radical (unpaired) electrons. The quantitative estimate of drug-likeness (QED) is 0.692. The Morgan fingerprint density at radius 3 is 2.86 bits per heavy atom. The average molecular weight is 200 g/mol. The lowest BCUT2D eigenvalue weighted by atomic mass is 9.95. The first-order chi connectivity index (χ1) is 6.61.